The molecule has 0 saturated carbocycles. The molecule has 0 spiro atoms. The van der Waals surface area contributed by atoms with Crippen LogP contribution >= 0.6 is 0 Å². The van der Waals surface area contributed by atoms with Gasteiger partial charge in [-0.25, -0.2) is 0 Å². The molecular weight excluding hydrogens is 276 g/mol. The molecular formula is C17H20N4O. The summed E-state index contributed by atoms with van der Waals surface area (Å²) < 4.78 is 0. The Kier molecular flexibility index (Phi) is 4.04. The van der Waals surface area contributed by atoms with E-state index in [2.05, 4.69) is 28.1 Å². The first-order chi connectivity index (χ1) is 10.7. The molecule has 1 aliphatic heterocycles. The molecule has 114 valence electrons. The average Bonchev–Trinajstić information content (AvgIpc) is 3.05. The Morgan fingerprint density at radius 2 is 2.09 bits per heavy atom. The number of nitrogens with two attached hydrogens (primary N) is 1. The second kappa shape index (κ2) is 6.13. The van der Waals surface area contributed by atoms with Gasteiger partial charge >= 0.3 is 0 Å². The smallest absolute Gasteiger partial charge is 0.222 e. The van der Waals surface area contributed by atoms with Gasteiger partial charge in [0.15, 0.2) is 5.82 Å². The quantitative estimate of drug-likeness (QED) is 0.937. The molecule has 5 nitrogen and oxygen atoms in total. The molecule has 1 atom stereocenters. The third kappa shape index (κ3) is 2.79. The fraction of sp³-hybridized carbons (Fsp3) is 0.353. The van der Waals surface area contributed by atoms with Crippen LogP contribution in [0.4, 0.5) is 5.82 Å². The molecule has 1 aromatic carbocycles. The number of benzene rings is 1. The lowest BCUT2D eigenvalue weighted by molar-refractivity contribution is -0.121. The zero-order valence-corrected chi connectivity index (χ0v) is 12.7. The van der Waals surface area contributed by atoms with E-state index in [1.54, 1.807) is 0 Å². The Balaban J connectivity index is 1.88. The number of anilines is 1. The van der Waals surface area contributed by atoms with Crippen LogP contribution in [0, 0.1) is 5.92 Å². The normalized spacial score (nSPS) is 17.7. The predicted molar refractivity (Wildman–Crippen MR) is 86.4 cm³/mol. The van der Waals surface area contributed by atoms with Crippen LogP contribution < -0.4 is 10.6 Å². The molecule has 1 saturated heterocycles. The molecule has 1 aliphatic rings. The van der Waals surface area contributed by atoms with Crippen molar-refractivity contribution < 1.29 is 4.79 Å². The maximum absolute atomic E-state index is 11.3. The minimum absolute atomic E-state index is 0.0827. The van der Waals surface area contributed by atoms with Crippen LogP contribution in [0.2, 0.25) is 0 Å². The van der Waals surface area contributed by atoms with Gasteiger partial charge in [-0.1, -0.05) is 37.3 Å². The number of hydrogen-bond donors (Lipinski definition) is 1. The second-order valence-electron chi connectivity index (χ2n) is 5.63. The van der Waals surface area contributed by atoms with Gasteiger partial charge in [0.2, 0.25) is 5.91 Å². The molecule has 2 heterocycles. The molecule has 0 radical (unpaired) electrons. The zero-order chi connectivity index (χ0) is 15.5. The molecule has 0 aliphatic carbocycles. The Morgan fingerprint density at radius 1 is 1.32 bits per heavy atom. The summed E-state index contributed by atoms with van der Waals surface area (Å²) in [4.78, 5) is 13.4. The third-order valence-electron chi connectivity index (χ3n) is 4.20. The lowest BCUT2D eigenvalue weighted by atomic mass is 10.0. The van der Waals surface area contributed by atoms with Crippen LogP contribution in [-0.2, 0) is 11.2 Å². The molecule has 0 unspecified atom stereocenters. The van der Waals surface area contributed by atoms with E-state index in [0.29, 0.717) is 6.54 Å². The summed E-state index contributed by atoms with van der Waals surface area (Å²) in [5.74, 6) is 0.521. The number of amides is 1. The highest BCUT2D eigenvalue weighted by Gasteiger charge is 2.28. The molecule has 5 heteroatoms. The van der Waals surface area contributed by atoms with Gasteiger partial charge in [-0.15, -0.1) is 10.2 Å². The molecule has 22 heavy (non-hydrogen) atoms. The summed E-state index contributed by atoms with van der Waals surface area (Å²) >= 11 is 0. The van der Waals surface area contributed by atoms with Gasteiger partial charge in [0.25, 0.3) is 0 Å². The van der Waals surface area contributed by atoms with Gasteiger partial charge in [0.05, 0.1) is 11.6 Å². The van der Waals surface area contributed by atoms with Crippen molar-refractivity contribution in [3.05, 3.63) is 42.0 Å². The van der Waals surface area contributed by atoms with E-state index >= 15 is 0 Å². The minimum Gasteiger partial charge on any atom is -0.369 e. The lowest BCUT2D eigenvalue weighted by Crippen LogP contribution is -2.27. The van der Waals surface area contributed by atoms with Crippen molar-refractivity contribution >= 4 is 11.7 Å². The fourth-order valence-electron chi connectivity index (χ4n) is 2.88. The van der Waals surface area contributed by atoms with E-state index in [9.17, 15) is 4.79 Å². The van der Waals surface area contributed by atoms with E-state index in [1.807, 2.05) is 30.3 Å². The summed E-state index contributed by atoms with van der Waals surface area (Å²) in [6, 6.07) is 12.2. The van der Waals surface area contributed by atoms with Crippen LogP contribution in [0.3, 0.4) is 0 Å². The zero-order valence-electron chi connectivity index (χ0n) is 12.7. The molecule has 3 rings (SSSR count). The SMILES string of the molecule is CCc1cc(N2CC[C@H](C(N)=O)C2)nnc1-c1ccccc1. The van der Waals surface area contributed by atoms with Gasteiger partial charge in [-0.3, -0.25) is 4.79 Å². The molecule has 1 aromatic heterocycles. The molecule has 1 amide bonds. The third-order valence-corrected chi connectivity index (χ3v) is 4.20. The topological polar surface area (TPSA) is 72.1 Å². The minimum atomic E-state index is -0.230. The summed E-state index contributed by atoms with van der Waals surface area (Å²) in [6.45, 7) is 3.55. The van der Waals surface area contributed by atoms with Gasteiger partial charge in [0.1, 0.15) is 0 Å². The number of hydrogen-bond acceptors (Lipinski definition) is 4. The summed E-state index contributed by atoms with van der Waals surface area (Å²) in [5, 5.41) is 8.79. The number of nitrogens with zero attached hydrogens (tertiary/aromatic N) is 3. The Hall–Kier alpha value is -2.43. The van der Waals surface area contributed by atoms with Crippen molar-refractivity contribution in [2.24, 2.45) is 11.7 Å². The first-order valence-electron chi connectivity index (χ1n) is 7.65. The Labute approximate surface area is 130 Å². The number of aryl methyl sites for hydroxylation is 1. The van der Waals surface area contributed by atoms with Gasteiger partial charge in [-0.05, 0) is 24.5 Å². The van der Waals surface area contributed by atoms with Crippen molar-refractivity contribution in [1.29, 1.82) is 0 Å². The van der Waals surface area contributed by atoms with Gasteiger partial charge in [-0.2, -0.15) is 0 Å². The Bertz CT molecular complexity index is 672. The number of rotatable bonds is 4. The average molecular weight is 296 g/mol. The standard InChI is InChI=1S/C17H20N4O/c1-2-12-10-15(21-9-8-14(11-21)17(18)22)19-20-16(12)13-6-4-3-5-7-13/h3-7,10,14H,2,8-9,11H2,1H3,(H2,18,22)/t14-/m0/s1. The van der Waals surface area contributed by atoms with Crippen LogP contribution in [0.15, 0.2) is 36.4 Å². The maximum Gasteiger partial charge on any atom is 0.222 e. The Morgan fingerprint density at radius 3 is 2.73 bits per heavy atom. The van der Waals surface area contributed by atoms with Crippen molar-refractivity contribution in [2.45, 2.75) is 19.8 Å². The lowest BCUT2D eigenvalue weighted by Gasteiger charge is -2.18. The highest BCUT2D eigenvalue weighted by molar-refractivity contribution is 5.78. The van der Waals surface area contributed by atoms with E-state index in [-0.39, 0.29) is 11.8 Å². The summed E-state index contributed by atoms with van der Waals surface area (Å²) in [5.41, 5.74) is 8.56. The monoisotopic (exact) mass is 296 g/mol. The van der Waals surface area contributed by atoms with Crippen molar-refractivity contribution in [3.63, 3.8) is 0 Å². The van der Waals surface area contributed by atoms with Gasteiger partial charge in [0, 0.05) is 18.7 Å². The highest BCUT2D eigenvalue weighted by atomic mass is 16.1. The van der Waals surface area contributed by atoms with Crippen LogP contribution in [-0.4, -0.2) is 29.2 Å². The van der Waals surface area contributed by atoms with Gasteiger partial charge < -0.3 is 10.6 Å². The van der Waals surface area contributed by atoms with E-state index in [4.69, 9.17) is 5.73 Å². The van der Waals surface area contributed by atoms with Crippen LogP contribution in [0.25, 0.3) is 11.3 Å². The predicted octanol–water partition coefficient (Wildman–Crippen LogP) is 2.02. The number of carbonyl (C=O) groups is 1. The van der Waals surface area contributed by atoms with Crippen molar-refractivity contribution in [2.75, 3.05) is 18.0 Å². The number of aromatic nitrogens is 2. The first kappa shape index (κ1) is 14.5. The highest BCUT2D eigenvalue weighted by Crippen LogP contribution is 2.27. The molecule has 1 fully saturated rings. The van der Waals surface area contributed by atoms with E-state index in [1.165, 1.54) is 5.56 Å². The molecule has 2 aromatic rings. The second-order valence-corrected chi connectivity index (χ2v) is 5.63. The number of carbonyl (C=O) groups excluding carboxylic acids is 1. The summed E-state index contributed by atoms with van der Waals surface area (Å²) in [7, 11) is 0. The molecule has 0 bridgehead atoms. The fourth-order valence-corrected chi connectivity index (χ4v) is 2.88. The first-order valence-corrected chi connectivity index (χ1v) is 7.65. The van der Waals surface area contributed by atoms with Crippen molar-refractivity contribution in [1.82, 2.24) is 10.2 Å². The largest absolute Gasteiger partial charge is 0.369 e. The maximum atomic E-state index is 11.3. The van der Waals surface area contributed by atoms with Crippen LogP contribution in [0.5, 0.6) is 0 Å². The number of primary amides is 1. The van der Waals surface area contributed by atoms with E-state index in [0.717, 1.165) is 36.5 Å². The van der Waals surface area contributed by atoms with Crippen LogP contribution in [0.1, 0.15) is 18.9 Å². The van der Waals surface area contributed by atoms with Crippen molar-refractivity contribution in [3.8, 4) is 11.3 Å². The van der Waals surface area contributed by atoms with E-state index < -0.39 is 0 Å². The molecule has 2 N–H and O–H groups in total. The summed E-state index contributed by atoms with van der Waals surface area (Å²) in [6.07, 6.45) is 1.68.